The number of benzene rings is 2. The number of hydrogen-bond donors (Lipinski definition) is 0. The topological polar surface area (TPSA) is 23.6 Å². The maximum atomic E-state index is 14.0. The van der Waals surface area contributed by atoms with Crippen molar-refractivity contribution in [3.8, 4) is 0 Å². The summed E-state index contributed by atoms with van der Waals surface area (Å²) in [4.78, 5) is 17.0. The van der Waals surface area contributed by atoms with Gasteiger partial charge in [-0.1, -0.05) is 52.0 Å². The molecule has 3 rings (SSSR count). The maximum absolute atomic E-state index is 14.0. The molecule has 0 bridgehead atoms. The minimum Gasteiger partial charge on any atom is -0.342 e. The fourth-order valence-corrected chi connectivity index (χ4v) is 4.79. The first kappa shape index (κ1) is 26.2. The molecule has 1 aliphatic rings. The summed E-state index contributed by atoms with van der Waals surface area (Å²) < 4.78 is 52.7. The van der Waals surface area contributed by atoms with Crippen LogP contribution in [0.1, 0.15) is 50.3 Å². The summed E-state index contributed by atoms with van der Waals surface area (Å²) in [7, 11) is 0. The van der Waals surface area contributed by atoms with Crippen LogP contribution in [0.2, 0.25) is 0 Å². The highest BCUT2D eigenvalue weighted by molar-refractivity contribution is 5.78. The number of carbonyl (C=O) groups is 1. The standard InChI is InChI=1S/C27H34F4N2O/c1-18(2)13-33(26(34)19(3)4)16-22-15-32(17-25(22)21-6-5-7-24(28)12-21)14-20-8-10-23(11-9-20)27(29,30)31/h5-12,18-19,22,25H,13-17H2,1-4H3/t22-,25-/m1/s1. The number of alkyl halides is 3. The molecule has 0 aromatic heterocycles. The Labute approximate surface area is 199 Å². The van der Waals surface area contributed by atoms with Crippen molar-refractivity contribution in [3.63, 3.8) is 0 Å². The molecule has 1 saturated heterocycles. The highest BCUT2D eigenvalue weighted by Crippen LogP contribution is 2.35. The predicted molar refractivity (Wildman–Crippen MR) is 126 cm³/mol. The van der Waals surface area contributed by atoms with Crippen molar-refractivity contribution in [1.82, 2.24) is 9.80 Å². The van der Waals surface area contributed by atoms with Crippen molar-refractivity contribution in [1.29, 1.82) is 0 Å². The molecule has 1 heterocycles. The smallest absolute Gasteiger partial charge is 0.342 e. The van der Waals surface area contributed by atoms with Crippen molar-refractivity contribution in [2.45, 2.75) is 46.3 Å². The van der Waals surface area contributed by atoms with Crippen LogP contribution in [0.25, 0.3) is 0 Å². The Morgan fingerprint density at radius 3 is 2.29 bits per heavy atom. The Hall–Kier alpha value is -2.41. The van der Waals surface area contributed by atoms with E-state index >= 15 is 0 Å². The fourth-order valence-electron chi connectivity index (χ4n) is 4.79. The SMILES string of the molecule is CC(C)CN(C[C@H]1CN(Cc2ccc(C(F)(F)F)cc2)C[C@@H]1c1cccc(F)c1)C(=O)C(C)C. The third-order valence-electron chi connectivity index (χ3n) is 6.33. The number of halogens is 4. The normalized spacial score (nSPS) is 19.2. The van der Waals surface area contributed by atoms with Crippen LogP contribution in [-0.2, 0) is 17.5 Å². The molecule has 1 fully saturated rings. The van der Waals surface area contributed by atoms with Gasteiger partial charge in [0.05, 0.1) is 5.56 Å². The number of nitrogens with zero attached hydrogens (tertiary/aromatic N) is 2. The minimum absolute atomic E-state index is 0.0276. The molecule has 3 nitrogen and oxygen atoms in total. The van der Waals surface area contributed by atoms with E-state index in [4.69, 9.17) is 0 Å². The first-order chi connectivity index (χ1) is 15.9. The van der Waals surface area contributed by atoms with E-state index in [0.29, 0.717) is 38.6 Å². The molecule has 1 aliphatic heterocycles. The van der Waals surface area contributed by atoms with E-state index in [-0.39, 0.29) is 29.5 Å². The van der Waals surface area contributed by atoms with Gasteiger partial charge >= 0.3 is 6.18 Å². The molecule has 0 saturated carbocycles. The third-order valence-corrected chi connectivity index (χ3v) is 6.33. The van der Waals surface area contributed by atoms with E-state index in [2.05, 4.69) is 18.7 Å². The van der Waals surface area contributed by atoms with Gasteiger partial charge in [0.15, 0.2) is 0 Å². The number of hydrogen-bond acceptors (Lipinski definition) is 2. The van der Waals surface area contributed by atoms with Gasteiger partial charge < -0.3 is 4.90 Å². The average molecular weight is 479 g/mol. The lowest BCUT2D eigenvalue weighted by Crippen LogP contribution is -2.41. The van der Waals surface area contributed by atoms with Crippen LogP contribution in [0.4, 0.5) is 17.6 Å². The minimum atomic E-state index is -4.36. The highest BCUT2D eigenvalue weighted by atomic mass is 19.4. The maximum Gasteiger partial charge on any atom is 0.416 e. The van der Waals surface area contributed by atoms with Gasteiger partial charge in [-0.3, -0.25) is 9.69 Å². The van der Waals surface area contributed by atoms with Gasteiger partial charge in [-0.2, -0.15) is 13.2 Å². The molecule has 2 aromatic rings. The molecular weight excluding hydrogens is 444 g/mol. The summed E-state index contributed by atoms with van der Waals surface area (Å²) in [5.41, 5.74) is 1.02. The molecule has 0 N–H and O–H groups in total. The number of likely N-dealkylation sites (tertiary alicyclic amines) is 1. The molecular formula is C27H34F4N2O. The second kappa shape index (κ2) is 10.9. The zero-order valence-corrected chi connectivity index (χ0v) is 20.3. The van der Waals surface area contributed by atoms with E-state index in [1.54, 1.807) is 12.1 Å². The average Bonchev–Trinajstić information content (AvgIpc) is 3.14. The summed E-state index contributed by atoms with van der Waals surface area (Å²) in [5.74, 6) is 0.135. The summed E-state index contributed by atoms with van der Waals surface area (Å²) in [6, 6.07) is 11.8. The number of rotatable bonds is 8. The van der Waals surface area contributed by atoms with Gasteiger partial charge in [0, 0.05) is 44.6 Å². The fraction of sp³-hybridized carbons (Fsp3) is 0.519. The molecule has 1 amide bonds. The van der Waals surface area contributed by atoms with Crippen molar-refractivity contribution >= 4 is 5.91 Å². The van der Waals surface area contributed by atoms with Crippen LogP contribution in [0.5, 0.6) is 0 Å². The van der Waals surface area contributed by atoms with E-state index in [1.165, 1.54) is 18.2 Å². The van der Waals surface area contributed by atoms with E-state index in [1.807, 2.05) is 24.8 Å². The van der Waals surface area contributed by atoms with Crippen molar-refractivity contribution < 1.29 is 22.4 Å². The molecule has 0 spiro atoms. The van der Waals surface area contributed by atoms with Gasteiger partial charge in [0.1, 0.15) is 5.82 Å². The first-order valence-electron chi connectivity index (χ1n) is 11.9. The second-order valence-corrected chi connectivity index (χ2v) is 10.1. The predicted octanol–water partition coefficient (Wildman–Crippen LogP) is 6.20. The highest BCUT2D eigenvalue weighted by Gasteiger charge is 2.36. The summed E-state index contributed by atoms with van der Waals surface area (Å²) in [5, 5.41) is 0. The first-order valence-corrected chi connectivity index (χ1v) is 11.9. The van der Waals surface area contributed by atoms with Crippen LogP contribution < -0.4 is 0 Å². The molecule has 34 heavy (non-hydrogen) atoms. The van der Waals surface area contributed by atoms with Crippen LogP contribution in [0.3, 0.4) is 0 Å². The van der Waals surface area contributed by atoms with Gasteiger partial charge in [0.2, 0.25) is 5.91 Å². The van der Waals surface area contributed by atoms with Gasteiger partial charge in [-0.15, -0.1) is 0 Å². The Morgan fingerprint density at radius 1 is 1.06 bits per heavy atom. The van der Waals surface area contributed by atoms with Crippen LogP contribution in [-0.4, -0.2) is 41.9 Å². The molecule has 0 unspecified atom stereocenters. The summed E-state index contributed by atoms with van der Waals surface area (Å²) >= 11 is 0. The van der Waals surface area contributed by atoms with Crippen LogP contribution in [0.15, 0.2) is 48.5 Å². The third kappa shape index (κ3) is 6.81. The van der Waals surface area contributed by atoms with Gasteiger partial charge in [-0.05, 0) is 47.2 Å². The largest absolute Gasteiger partial charge is 0.416 e. The monoisotopic (exact) mass is 478 g/mol. The molecule has 0 radical (unpaired) electrons. The van der Waals surface area contributed by atoms with E-state index in [9.17, 15) is 22.4 Å². The van der Waals surface area contributed by atoms with E-state index < -0.39 is 11.7 Å². The lowest BCUT2D eigenvalue weighted by Gasteiger charge is -2.31. The van der Waals surface area contributed by atoms with Crippen molar-refractivity contribution in [3.05, 3.63) is 71.0 Å². The lowest BCUT2D eigenvalue weighted by molar-refractivity contribution is -0.137. The van der Waals surface area contributed by atoms with Crippen molar-refractivity contribution in [2.75, 3.05) is 26.2 Å². The molecule has 2 aromatic carbocycles. The Balaban J connectivity index is 1.81. The van der Waals surface area contributed by atoms with Crippen molar-refractivity contribution in [2.24, 2.45) is 17.8 Å². The zero-order valence-electron chi connectivity index (χ0n) is 20.3. The zero-order chi connectivity index (χ0) is 25.0. The second-order valence-electron chi connectivity index (χ2n) is 10.1. The Kier molecular flexibility index (Phi) is 8.39. The van der Waals surface area contributed by atoms with E-state index in [0.717, 1.165) is 23.3 Å². The Morgan fingerprint density at radius 2 is 1.74 bits per heavy atom. The molecule has 186 valence electrons. The molecule has 2 atom stereocenters. The lowest BCUT2D eigenvalue weighted by atomic mass is 9.88. The Bertz CT molecular complexity index is 956. The quantitative estimate of drug-likeness (QED) is 0.422. The van der Waals surface area contributed by atoms with Crippen LogP contribution >= 0.6 is 0 Å². The molecule has 0 aliphatic carbocycles. The van der Waals surface area contributed by atoms with Gasteiger partial charge in [0.25, 0.3) is 0 Å². The summed E-state index contributed by atoms with van der Waals surface area (Å²) in [6.45, 7) is 11.0. The van der Waals surface area contributed by atoms with Gasteiger partial charge in [-0.25, -0.2) is 4.39 Å². The molecule has 7 heteroatoms. The number of carbonyl (C=O) groups excluding carboxylic acids is 1. The van der Waals surface area contributed by atoms with Crippen LogP contribution in [0, 0.1) is 23.6 Å². The summed E-state index contributed by atoms with van der Waals surface area (Å²) in [6.07, 6.45) is -4.36. The number of amides is 1.